The molecule has 1 heteroatoms. The lowest BCUT2D eigenvalue weighted by atomic mass is 9.82. The highest BCUT2D eigenvalue weighted by Gasteiger charge is 2.36. The minimum absolute atomic E-state index is 0.0285. The van der Waals surface area contributed by atoms with E-state index in [1.165, 1.54) is 119 Å². The van der Waals surface area contributed by atoms with E-state index in [4.69, 9.17) is 0 Å². The Bertz CT molecular complexity index is 3370. The summed E-state index contributed by atoms with van der Waals surface area (Å²) in [5.41, 5.74) is 13.2. The van der Waals surface area contributed by atoms with Gasteiger partial charge in [0.05, 0.1) is 0 Å². The first-order valence-electron chi connectivity index (χ1n) is 19.6. The molecule has 0 atom stereocenters. The molecule has 0 spiro atoms. The largest absolute Gasteiger partial charge is 0.135 e. The maximum atomic E-state index is 2.50. The van der Waals surface area contributed by atoms with Crippen molar-refractivity contribution in [2.24, 2.45) is 0 Å². The average Bonchev–Trinajstić information content (AvgIpc) is 3.72. The minimum Gasteiger partial charge on any atom is -0.135 e. The van der Waals surface area contributed by atoms with Gasteiger partial charge in [0.1, 0.15) is 0 Å². The summed E-state index contributed by atoms with van der Waals surface area (Å²) >= 11 is 1.93. The van der Waals surface area contributed by atoms with Crippen LogP contribution in [0.15, 0.2) is 182 Å². The fraction of sp³-hybridized carbons (Fsp3) is 0.0545. The first-order chi connectivity index (χ1) is 27.5. The van der Waals surface area contributed by atoms with Crippen LogP contribution in [0.25, 0.3) is 108 Å². The van der Waals surface area contributed by atoms with E-state index >= 15 is 0 Å². The van der Waals surface area contributed by atoms with Crippen LogP contribution >= 0.6 is 11.3 Å². The lowest BCUT2D eigenvalue weighted by molar-refractivity contribution is 0.661. The third-order valence-corrected chi connectivity index (χ3v) is 13.7. The van der Waals surface area contributed by atoms with Gasteiger partial charge in [-0.2, -0.15) is 0 Å². The smallest absolute Gasteiger partial charge is 0.0368 e. The first kappa shape index (κ1) is 31.8. The summed E-state index contributed by atoms with van der Waals surface area (Å²) in [5.74, 6) is 0. The maximum absolute atomic E-state index is 2.50. The van der Waals surface area contributed by atoms with Crippen LogP contribution in [0, 0.1) is 0 Å². The minimum atomic E-state index is -0.0285. The molecule has 12 rings (SSSR count). The Morgan fingerprint density at radius 3 is 1.59 bits per heavy atom. The molecule has 0 N–H and O–H groups in total. The molecule has 1 aliphatic carbocycles. The van der Waals surface area contributed by atoms with Crippen molar-refractivity contribution in [3.05, 3.63) is 193 Å². The third kappa shape index (κ3) is 4.47. The third-order valence-electron chi connectivity index (χ3n) is 12.6. The van der Waals surface area contributed by atoms with E-state index in [9.17, 15) is 0 Å². The molecular formula is C55H36S. The van der Waals surface area contributed by atoms with Gasteiger partial charge in [-0.15, -0.1) is 11.3 Å². The normalized spacial score (nSPS) is 13.3. The van der Waals surface area contributed by atoms with Crippen LogP contribution in [0.4, 0.5) is 0 Å². The molecule has 1 heterocycles. The van der Waals surface area contributed by atoms with Crippen LogP contribution < -0.4 is 0 Å². The fourth-order valence-electron chi connectivity index (χ4n) is 9.98. The Balaban J connectivity index is 1.03. The zero-order chi connectivity index (χ0) is 37.1. The number of rotatable bonds is 3. The van der Waals surface area contributed by atoms with Crippen LogP contribution in [-0.2, 0) is 5.41 Å². The zero-order valence-corrected chi connectivity index (χ0v) is 32.0. The van der Waals surface area contributed by atoms with E-state index in [0.29, 0.717) is 0 Å². The highest BCUT2D eigenvalue weighted by molar-refractivity contribution is 7.26. The van der Waals surface area contributed by atoms with Crippen molar-refractivity contribution < 1.29 is 0 Å². The van der Waals surface area contributed by atoms with Crippen molar-refractivity contribution in [3.63, 3.8) is 0 Å². The van der Waals surface area contributed by atoms with Gasteiger partial charge in [0.2, 0.25) is 0 Å². The quantitative estimate of drug-likeness (QED) is 0.159. The van der Waals surface area contributed by atoms with E-state index in [-0.39, 0.29) is 5.41 Å². The van der Waals surface area contributed by atoms with Gasteiger partial charge in [-0.1, -0.05) is 172 Å². The Kier molecular flexibility index (Phi) is 6.66. The number of thiophene rings is 1. The second kappa shape index (κ2) is 11.7. The predicted octanol–water partition coefficient (Wildman–Crippen LogP) is 16.0. The summed E-state index contributed by atoms with van der Waals surface area (Å²) in [4.78, 5) is 0. The van der Waals surface area contributed by atoms with Gasteiger partial charge in [-0.05, 0) is 123 Å². The molecule has 10 aromatic carbocycles. The number of fused-ring (bicyclic) bond motifs is 11. The molecule has 0 saturated heterocycles. The summed E-state index contributed by atoms with van der Waals surface area (Å²) in [5, 5.41) is 13.0. The SMILES string of the molecule is CC1(C)c2ccccc2-c2cc3sc4cc(-c5ccc(-c6c7ccccc7c(-c7ccc8ccccc8c7)c7ccccc67)cc5)c5ccccc5c4c3cc21. The van der Waals surface area contributed by atoms with Gasteiger partial charge < -0.3 is 0 Å². The van der Waals surface area contributed by atoms with Crippen molar-refractivity contribution in [3.8, 4) is 44.5 Å². The van der Waals surface area contributed by atoms with Gasteiger partial charge in [0.15, 0.2) is 0 Å². The molecule has 0 radical (unpaired) electrons. The molecule has 0 aliphatic heterocycles. The second-order valence-electron chi connectivity index (χ2n) is 16.0. The van der Waals surface area contributed by atoms with Crippen molar-refractivity contribution in [1.82, 2.24) is 0 Å². The Morgan fingerprint density at radius 2 is 0.875 bits per heavy atom. The van der Waals surface area contributed by atoms with Crippen molar-refractivity contribution >= 4 is 74.6 Å². The average molecular weight is 729 g/mol. The lowest BCUT2D eigenvalue weighted by Gasteiger charge is -2.21. The molecule has 0 nitrogen and oxygen atoms in total. The van der Waals surface area contributed by atoms with E-state index in [0.717, 1.165) is 0 Å². The van der Waals surface area contributed by atoms with Crippen LogP contribution in [0.3, 0.4) is 0 Å². The van der Waals surface area contributed by atoms with Crippen LogP contribution in [0.1, 0.15) is 25.0 Å². The summed E-state index contributed by atoms with van der Waals surface area (Å²) in [7, 11) is 0. The maximum Gasteiger partial charge on any atom is 0.0368 e. The molecule has 56 heavy (non-hydrogen) atoms. The monoisotopic (exact) mass is 728 g/mol. The van der Waals surface area contributed by atoms with Gasteiger partial charge in [-0.25, -0.2) is 0 Å². The summed E-state index contributed by atoms with van der Waals surface area (Å²) in [6, 6.07) is 68.2. The van der Waals surface area contributed by atoms with E-state index in [1.54, 1.807) is 0 Å². The molecule has 0 bridgehead atoms. The summed E-state index contributed by atoms with van der Waals surface area (Å²) < 4.78 is 2.70. The van der Waals surface area contributed by atoms with Crippen LogP contribution in [0.2, 0.25) is 0 Å². The number of hydrogen-bond donors (Lipinski definition) is 0. The molecule has 0 fully saturated rings. The summed E-state index contributed by atoms with van der Waals surface area (Å²) in [6.07, 6.45) is 0. The molecule has 262 valence electrons. The van der Waals surface area contributed by atoms with Crippen molar-refractivity contribution in [1.29, 1.82) is 0 Å². The second-order valence-corrected chi connectivity index (χ2v) is 17.1. The molecule has 1 aromatic heterocycles. The van der Waals surface area contributed by atoms with Gasteiger partial charge in [0.25, 0.3) is 0 Å². The fourth-order valence-corrected chi connectivity index (χ4v) is 11.2. The molecule has 0 saturated carbocycles. The molecule has 0 amide bonds. The molecule has 1 aliphatic rings. The highest BCUT2D eigenvalue weighted by atomic mass is 32.1. The lowest BCUT2D eigenvalue weighted by Crippen LogP contribution is -2.14. The van der Waals surface area contributed by atoms with Crippen molar-refractivity contribution in [2.75, 3.05) is 0 Å². The predicted molar refractivity (Wildman–Crippen MR) is 243 cm³/mol. The summed E-state index contributed by atoms with van der Waals surface area (Å²) in [6.45, 7) is 4.76. The standard InChI is InChI=1S/C55H36S/c1-55(2)48-22-12-11-16-39(48)46-32-50-47(30-49(46)55)54-40-17-6-5-15-38(40)45(31-51(54)56-50)34-24-26-35(27-25-34)52-41-18-7-9-20-43(41)53(44-21-10-8-19-42(44)52)37-28-23-33-13-3-4-14-36(33)29-37/h3-32H,1-2H3. The first-order valence-corrected chi connectivity index (χ1v) is 20.4. The van der Waals surface area contributed by atoms with Gasteiger partial charge >= 0.3 is 0 Å². The van der Waals surface area contributed by atoms with Crippen LogP contribution in [-0.4, -0.2) is 0 Å². The zero-order valence-electron chi connectivity index (χ0n) is 31.2. The van der Waals surface area contributed by atoms with E-state index in [1.807, 2.05) is 11.3 Å². The van der Waals surface area contributed by atoms with Gasteiger partial charge in [-0.3, -0.25) is 0 Å². The topological polar surface area (TPSA) is 0 Å². The number of benzene rings is 10. The Labute approximate surface area is 329 Å². The Morgan fingerprint density at radius 1 is 0.339 bits per heavy atom. The number of hydrogen-bond acceptors (Lipinski definition) is 1. The van der Waals surface area contributed by atoms with Crippen molar-refractivity contribution in [2.45, 2.75) is 19.3 Å². The highest BCUT2D eigenvalue weighted by Crippen LogP contribution is 2.53. The van der Waals surface area contributed by atoms with Gasteiger partial charge in [0, 0.05) is 25.6 Å². The van der Waals surface area contributed by atoms with Crippen LogP contribution in [0.5, 0.6) is 0 Å². The molecule has 0 unspecified atom stereocenters. The van der Waals surface area contributed by atoms with E-state index < -0.39 is 0 Å². The van der Waals surface area contributed by atoms with E-state index in [2.05, 4.69) is 196 Å². The molecular weight excluding hydrogens is 693 g/mol. The Hall–Kier alpha value is -6.54. The molecule has 11 aromatic rings.